The molecular formula is C18H32Cl2N2O2. The van der Waals surface area contributed by atoms with Crippen molar-refractivity contribution in [3.8, 4) is 11.5 Å². The van der Waals surface area contributed by atoms with Gasteiger partial charge >= 0.3 is 0 Å². The topological polar surface area (TPSA) is 24.9 Å². The van der Waals surface area contributed by atoms with Crippen LogP contribution in [-0.4, -0.2) is 63.8 Å². The molecule has 1 aromatic carbocycles. The van der Waals surface area contributed by atoms with Crippen LogP contribution in [0.1, 0.15) is 19.3 Å². The lowest BCUT2D eigenvalue weighted by molar-refractivity contribution is 0.147. The average Bonchev–Trinajstić information content (AvgIpc) is 2.55. The predicted molar refractivity (Wildman–Crippen MR) is 105 cm³/mol. The first-order chi connectivity index (χ1) is 10.7. The first-order valence-corrected chi connectivity index (χ1v) is 8.31. The Bertz CT molecular complexity index is 422. The van der Waals surface area contributed by atoms with E-state index in [1.54, 1.807) is 7.11 Å². The Balaban J connectivity index is 0.00000264. The molecule has 1 heterocycles. The molecule has 1 aliphatic heterocycles. The number of ether oxygens (including phenoxy) is 2. The van der Waals surface area contributed by atoms with Gasteiger partial charge in [0.1, 0.15) is 18.1 Å². The number of methoxy groups -OCH3 is 1. The summed E-state index contributed by atoms with van der Waals surface area (Å²) in [6.45, 7) is 5.42. The number of piperidine rings is 1. The minimum Gasteiger partial charge on any atom is -0.497 e. The third kappa shape index (κ3) is 8.43. The summed E-state index contributed by atoms with van der Waals surface area (Å²) >= 11 is 0. The van der Waals surface area contributed by atoms with Gasteiger partial charge < -0.3 is 14.4 Å². The SMILES string of the molecule is COc1ccc(OCCN2CCC(CCN(C)C)CC2)cc1.Cl.Cl. The Hall–Kier alpha value is -0.680. The van der Waals surface area contributed by atoms with Gasteiger partial charge in [0.05, 0.1) is 7.11 Å². The third-order valence-electron chi connectivity index (χ3n) is 4.43. The Labute approximate surface area is 159 Å². The van der Waals surface area contributed by atoms with Crippen LogP contribution in [0.4, 0.5) is 0 Å². The van der Waals surface area contributed by atoms with E-state index in [2.05, 4.69) is 23.9 Å². The van der Waals surface area contributed by atoms with Crippen LogP contribution in [0.25, 0.3) is 0 Å². The minimum absolute atomic E-state index is 0. The van der Waals surface area contributed by atoms with Crippen LogP contribution in [0.15, 0.2) is 24.3 Å². The molecule has 6 heteroatoms. The van der Waals surface area contributed by atoms with Gasteiger partial charge in [-0.25, -0.2) is 0 Å². The molecule has 0 radical (unpaired) electrons. The highest BCUT2D eigenvalue weighted by molar-refractivity contribution is 5.85. The maximum atomic E-state index is 5.81. The van der Waals surface area contributed by atoms with Crippen LogP contribution in [0.3, 0.4) is 0 Å². The Morgan fingerprint density at radius 1 is 1.04 bits per heavy atom. The van der Waals surface area contributed by atoms with Crippen molar-refractivity contribution in [1.29, 1.82) is 0 Å². The van der Waals surface area contributed by atoms with E-state index in [0.717, 1.165) is 30.6 Å². The summed E-state index contributed by atoms with van der Waals surface area (Å²) in [6.07, 6.45) is 4.00. The maximum Gasteiger partial charge on any atom is 0.119 e. The van der Waals surface area contributed by atoms with Crippen molar-refractivity contribution in [2.24, 2.45) is 5.92 Å². The minimum atomic E-state index is 0. The maximum absolute atomic E-state index is 5.81. The van der Waals surface area contributed by atoms with Crippen molar-refractivity contribution in [2.75, 3.05) is 54.0 Å². The first kappa shape index (κ1) is 23.3. The van der Waals surface area contributed by atoms with E-state index in [0.29, 0.717) is 0 Å². The zero-order valence-corrected chi connectivity index (χ0v) is 16.7. The molecular weight excluding hydrogens is 347 g/mol. The second kappa shape index (κ2) is 12.6. The van der Waals surface area contributed by atoms with Crippen LogP contribution in [0.2, 0.25) is 0 Å². The van der Waals surface area contributed by atoms with Gasteiger partial charge in [0.2, 0.25) is 0 Å². The van der Waals surface area contributed by atoms with Gasteiger partial charge in [-0.3, -0.25) is 4.90 Å². The summed E-state index contributed by atoms with van der Waals surface area (Å²) in [5, 5.41) is 0. The molecule has 140 valence electrons. The molecule has 0 amide bonds. The fraction of sp³-hybridized carbons (Fsp3) is 0.667. The molecule has 1 fully saturated rings. The normalized spacial score (nSPS) is 15.5. The van der Waals surface area contributed by atoms with Crippen molar-refractivity contribution in [1.82, 2.24) is 9.80 Å². The van der Waals surface area contributed by atoms with Crippen LogP contribution in [0, 0.1) is 5.92 Å². The number of hydrogen-bond acceptors (Lipinski definition) is 4. The highest BCUT2D eigenvalue weighted by atomic mass is 35.5. The van der Waals surface area contributed by atoms with Crippen LogP contribution in [-0.2, 0) is 0 Å². The van der Waals surface area contributed by atoms with Gasteiger partial charge in [0.25, 0.3) is 0 Å². The largest absolute Gasteiger partial charge is 0.497 e. The van der Waals surface area contributed by atoms with Crippen molar-refractivity contribution >= 4 is 24.8 Å². The number of benzene rings is 1. The molecule has 0 atom stereocenters. The van der Waals surface area contributed by atoms with Gasteiger partial charge in [-0.2, -0.15) is 0 Å². The Kier molecular flexibility index (Phi) is 12.3. The number of likely N-dealkylation sites (tertiary alicyclic amines) is 1. The van der Waals surface area contributed by atoms with Crippen molar-refractivity contribution < 1.29 is 9.47 Å². The van der Waals surface area contributed by atoms with Crippen molar-refractivity contribution in [3.63, 3.8) is 0 Å². The van der Waals surface area contributed by atoms with E-state index in [1.807, 2.05) is 24.3 Å². The van der Waals surface area contributed by atoms with E-state index in [9.17, 15) is 0 Å². The zero-order chi connectivity index (χ0) is 15.8. The highest BCUT2D eigenvalue weighted by Gasteiger charge is 2.18. The van der Waals surface area contributed by atoms with Crippen molar-refractivity contribution in [3.05, 3.63) is 24.3 Å². The highest BCUT2D eigenvalue weighted by Crippen LogP contribution is 2.21. The Morgan fingerprint density at radius 2 is 1.62 bits per heavy atom. The molecule has 0 unspecified atom stereocenters. The second-order valence-corrected chi connectivity index (χ2v) is 6.40. The summed E-state index contributed by atoms with van der Waals surface area (Å²) in [5.41, 5.74) is 0. The van der Waals surface area contributed by atoms with Gasteiger partial charge in [-0.15, -0.1) is 24.8 Å². The molecule has 0 aromatic heterocycles. The molecule has 2 rings (SSSR count). The van der Waals surface area contributed by atoms with E-state index in [1.165, 1.54) is 38.9 Å². The third-order valence-corrected chi connectivity index (χ3v) is 4.43. The fourth-order valence-electron chi connectivity index (χ4n) is 2.90. The summed E-state index contributed by atoms with van der Waals surface area (Å²) < 4.78 is 11.0. The molecule has 4 nitrogen and oxygen atoms in total. The molecule has 0 N–H and O–H groups in total. The predicted octanol–water partition coefficient (Wildman–Crippen LogP) is 3.58. The molecule has 24 heavy (non-hydrogen) atoms. The van der Waals surface area contributed by atoms with E-state index in [-0.39, 0.29) is 24.8 Å². The van der Waals surface area contributed by atoms with E-state index < -0.39 is 0 Å². The average molecular weight is 379 g/mol. The molecule has 0 bridgehead atoms. The lowest BCUT2D eigenvalue weighted by atomic mass is 9.93. The quantitative estimate of drug-likeness (QED) is 0.689. The van der Waals surface area contributed by atoms with Crippen molar-refractivity contribution in [2.45, 2.75) is 19.3 Å². The van der Waals surface area contributed by atoms with Crippen LogP contribution in [0.5, 0.6) is 11.5 Å². The van der Waals surface area contributed by atoms with Gasteiger partial charge in [-0.1, -0.05) is 0 Å². The van der Waals surface area contributed by atoms with Crippen LogP contribution >= 0.6 is 24.8 Å². The molecule has 0 spiro atoms. The zero-order valence-electron chi connectivity index (χ0n) is 15.1. The lowest BCUT2D eigenvalue weighted by Gasteiger charge is -2.32. The smallest absolute Gasteiger partial charge is 0.119 e. The van der Waals surface area contributed by atoms with Gasteiger partial charge in [0, 0.05) is 6.54 Å². The van der Waals surface area contributed by atoms with E-state index in [4.69, 9.17) is 9.47 Å². The Morgan fingerprint density at radius 3 is 2.17 bits per heavy atom. The molecule has 1 saturated heterocycles. The van der Waals surface area contributed by atoms with Gasteiger partial charge in [-0.05, 0) is 83.2 Å². The number of halogens is 2. The number of rotatable bonds is 8. The molecule has 0 aliphatic carbocycles. The number of nitrogens with zero attached hydrogens (tertiary/aromatic N) is 2. The fourth-order valence-corrected chi connectivity index (χ4v) is 2.90. The molecule has 0 saturated carbocycles. The molecule has 1 aromatic rings. The first-order valence-electron chi connectivity index (χ1n) is 8.31. The summed E-state index contributed by atoms with van der Waals surface area (Å²) in [7, 11) is 6.00. The number of hydrogen-bond donors (Lipinski definition) is 0. The standard InChI is InChI=1S/C18H30N2O2.2ClH/c1-19(2)11-8-16-9-12-20(13-10-16)14-15-22-18-6-4-17(21-3)5-7-18;;/h4-7,16H,8-15H2,1-3H3;2*1H. The van der Waals surface area contributed by atoms with E-state index >= 15 is 0 Å². The second-order valence-electron chi connectivity index (χ2n) is 6.40. The summed E-state index contributed by atoms with van der Waals surface area (Å²) in [6, 6.07) is 7.80. The lowest BCUT2D eigenvalue weighted by Crippen LogP contribution is -2.37. The summed E-state index contributed by atoms with van der Waals surface area (Å²) in [5.74, 6) is 2.69. The monoisotopic (exact) mass is 378 g/mol. The van der Waals surface area contributed by atoms with Crippen LogP contribution < -0.4 is 9.47 Å². The summed E-state index contributed by atoms with van der Waals surface area (Å²) in [4.78, 5) is 4.81. The van der Waals surface area contributed by atoms with Gasteiger partial charge in [0.15, 0.2) is 0 Å². The molecule has 1 aliphatic rings.